The Kier molecular flexibility index (Phi) is 4.78. The number of hydrogen-bond donors (Lipinski definition) is 1. The largest absolute Gasteiger partial charge is 0.493 e. The minimum atomic E-state index is -0.0557. The summed E-state index contributed by atoms with van der Waals surface area (Å²) >= 11 is 0. The number of H-pyrrole nitrogens is 1. The Morgan fingerprint density at radius 3 is 2.74 bits per heavy atom. The summed E-state index contributed by atoms with van der Waals surface area (Å²) in [6, 6.07) is 8.84. The van der Waals surface area contributed by atoms with Gasteiger partial charge >= 0.3 is 0 Å². The smallest absolute Gasteiger partial charge is 0.271 e. The van der Waals surface area contributed by atoms with E-state index in [0.29, 0.717) is 11.7 Å². The second-order valence-corrected chi connectivity index (χ2v) is 7.50. The van der Waals surface area contributed by atoms with E-state index in [1.165, 1.54) is 11.1 Å². The summed E-state index contributed by atoms with van der Waals surface area (Å²) in [7, 11) is 3.49. The van der Waals surface area contributed by atoms with Gasteiger partial charge in [-0.1, -0.05) is 12.1 Å². The van der Waals surface area contributed by atoms with Gasteiger partial charge in [-0.3, -0.25) is 14.8 Å². The van der Waals surface area contributed by atoms with Gasteiger partial charge in [0.05, 0.1) is 6.61 Å². The summed E-state index contributed by atoms with van der Waals surface area (Å²) < 4.78 is 5.72. The molecule has 0 radical (unpaired) electrons. The van der Waals surface area contributed by atoms with Crippen LogP contribution in [-0.4, -0.2) is 72.8 Å². The van der Waals surface area contributed by atoms with Gasteiger partial charge in [-0.15, -0.1) is 0 Å². The Balaban J connectivity index is 1.38. The molecule has 3 heterocycles. The minimum absolute atomic E-state index is 0.0557. The fourth-order valence-corrected chi connectivity index (χ4v) is 3.82. The summed E-state index contributed by atoms with van der Waals surface area (Å²) in [4.78, 5) is 18.3. The summed E-state index contributed by atoms with van der Waals surface area (Å²) in [5, 5.41) is 7.19. The van der Waals surface area contributed by atoms with E-state index in [-0.39, 0.29) is 5.91 Å². The van der Waals surface area contributed by atoms with Gasteiger partial charge in [0.1, 0.15) is 11.4 Å². The molecule has 27 heavy (non-hydrogen) atoms. The van der Waals surface area contributed by atoms with Gasteiger partial charge in [0.15, 0.2) is 5.82 Å². The number of nitrogens with zero attached hydrogens (tertiary/aromatic N) is 4. The summed E-state index contributed by atoms with van der Waals surface area (Å²) in [6.07, 6.45) is 1.02. The van der Waals surface area contributed by atoms with Crippen LogP contribution in [0.3, 0.4) is 0 Å². The van der Waals surface area contributed by atoms with Crippen LogP contribution in [0, 0.1) is 0 Å². The molecule has 2 aliphatic heterocycles. The van der Waals surface area contributed by atoms with Crippen LogP contribution in [0.4, 0.5) is 5.82 Å². The van der Waals surface area contributed by atoms with Crippen LogP contribution in [0.1, 0.15) is 34.6 Å². The fraction of sp³-hybridized carbons (Fsp3) is 0.500. The van der Waals surface area contributed by atoms with E-state index >= 15 is 0 Å². The van der Waals surface area contributed by atoms with Gasteiger partial charge in [-0.2, -0.15) is 5.10 Å². The van der Waals surface area contributed by atoms with Crippen LogP contribution in [0.15, 0.2) is 24.3 Å². The van der Waals surface area contributed by atoms with E-state index < -0.39 is 0 Å². The maximum Gasteiger partial charge on any atom is 0.271 e. The van der Waals surface area contributed by atoms with Crippen LogP contribution in [0.5, 0.6) is 5.75 Å². The third-order valence-electron chi connectivity index (χ3n) is 5.59. The van der Waals surface area contributed by atoms with Crippen molar-refractivity contribution in [3.05, 3.63) is 41.1 Å². The van der Waals surface area contributed by atoms with Crippen molar-refractivity contribution < 1.29 is 9.53 Å². The lowest BCUT2D eigenvalue weighted by Gasteiger charge is -2.38. The van der Waals surface area contributed by atoms with Crippen molar-refractivity contribution in [2.24, 2.45) is 0 Å². The lowest BCUT2D eigenvalue weighted by atomic mass is 10.0. The maximum atomic E-state index is 12.0. The van der Waals surface area contributed by atoms with Crippen molar-refractivity contribution >= 4 is 11.7 Å². The Morgan fingerprint density at radius 1 is 1.22 bits per heavy atom. The second-order valence-electron chi connectivity index (χ2n) is 7.50. The number of anilines is 1. The number of hydrogen-bond acceptors (Lipinski definition) is 5. The zero-order chi connectivity index (χ0) is 19.0. The first-order valence-corrected chi connectivity index (χ1v) is 9.54. The standard InChI is InChI=1S/C20H27N5O2/c1-14(16-5-4-15-6-11-27-18(15)12-16)24-7-9-25(10-8-24)19-13-17(21-22-19)20(26)23(2)3/h4-5,12-14H,6-11H2,1-3H3,(H,21,22). The first-order valence-electron chi connectivity index (χ1n) is 9.54. The molecule has 1 aromatic heterocycles. The van der Waals surface area contributed by atoms with Gasteiger partial charge in [0, 0.05) is 58.8 Å². The molecular formula is C20H27N5O2. The molecule has 7 heteroatoms. The highest BCUT2D eigenvalue weighted by Crippen LogP contribution is 2.31. The quantitative estimate of drug-likeness (QED) is 0.892. The second kappa shape index (κ2) is 7.23. The van der Waals surface area contributed by atoms with Crippen molar-refractivity contribution in [2.45, 2.75) is 19.4 Å². The molecule has 144 valence electrons. The van der Waals surface area contributed by atoms with Crippen molar-refractivity contribution in [2.75, 3.05) is 51.8 Å². The first kappa shape index (κ1) is 17.9. The van der Waals surface area contributed by atoms with E-state index in [9.17, 15) is 4.79 Å². The average molecular weight is 369 g/mol. The van der Waals surface area contributed by atoms with E-state index in [2.05, 4.69) is 45.1 Å². The Hall–Kier alpha value is -2.54. The number of carbonyl (C=O) groups excluding carboxylic acids is 1. The summed E-state index contributed by atoms with van der Waals surface area (Å²) in [6.45, 7) is 6.77. The lowest BCUT2D eigenvalue weighted by Crippen LogP contribution is -2.47. The molecule has 1 N–H and O–H groups in total. The molecule has 0 saturated carbocycles. The molecule has 1 unspecified atom stereocenters. The number of piperazine rings is 1. The monoisotopic (exact) mass is 369 g/mol. The molecule has 0 aliphatic carbocycles. The van der Waals surface area contributed by atoms with Crippen molar-refractivity contribution in [3.8, 4) is 5.75 Å². The Labute approximate surface area is 159 Å². The predicted molar refractivity (Wildman–Crippen MR) is 104 cm³/mol. The zero-order valence-corrected chi connectivity index (χ0v) is 16.2. The molecule has 2 aliphatic rings. The highest BCUT2D eigenvalue weighted by Gasteiger charge is 2.25. The summed E-state index contributed by atoms with van der Waals surface area (Å²) in [5.41, 5.74) is 3.16. The highest BCUT2D eigenvalue weighted by molar-refractivity contribution is 5.92. The normalized spacial score (nSPS) is 18.1. The number of rotatable bonds is 4. The van der Waals surface area contributed by atoms with Crippen LogP contribution < -0.4 is 9.64 Å². The van der Waals surface area contributed by atoms with Crippen molar-refractivity contribution in [1.29, 1.82) is 0 Å². The third-order valence-corrected chi connectivity index (χ3v) is 5.59. The predicted octanol–water partition coefficient (Wildman–Crippen LogP) is 1.93. The maximum absolute atomic E-state index is 12.0. The van der Waals surface area contributed by atoms with Crippen molar-refractivity contribution in [3.63, 3.8) is 0 Å². The van der Waals surface area contributed by atoms with E-state index in [0.717, 1.165) is 50.8 Å². The number of carbonyl (C=O) groups is 1. The van der Waals surface area contributed by atoms with Crippen molar-refractivity contribution in [1.82, 2.24) is 20.0 Å². The number of aromatic amines is 1. The number of benzene rings is 1. The Bertz CT molecular complexity index is 824. The molecule has 1 fully saturated rings. The zero-order valence-electron chi connectivity index (χ0n) is 16.2. The molecule has 1 amide bonds. The topological polar surface area (TPSA) is 64.7 Å². The molecule has 1 saturated heterocycles. The number of ether oxygens (including phenoxy) is 1. The lowest BCUT2D eigenvalue weighted by molar-refractivity contribution is 0.0822. The molecule has 0 bridgehead atoms. The van der Waals surface area contributed by atoms with Crippen LogP contribution in [-0.2, 0) is 6.42 Å². The number of fused-ring (bicyclic) bond motifs is 1. The highest BCUT2D eigenvalue weighted by atomic mass is 16.5. The van der Waals surface area contributed by atoms with E-state index in [1.54, 1.807) is 19.0 Å². The summed E-state index contributed by atoms with van der Waals surface area (Å²) in [5.74, 6) is 1.84. The number of nitrogens with one attached hydrogen (secondary N) is 1. The number of aromatic nitrogens is 2. The fourth-order valence-electron chi connectivity index (χ4n) is 3.82. The van der Waals surface area contributed by atoms with Crippen LogP contribution in [0.2, 0.25) is 0 Å². The minimum Gasteiger partial charge on any atom is -0.493 e. The van der Waals surface area contributed by atoms with E-state index in [1.807, 2.05) is 6.07 Å². The van der Waals surface area contributed by atoms with Gasteiger partial charge < -0.3 is 14.5 Å². The van der Waals surface area contributed by atoms with E-state index in [4.69, 9.17) is 4.74 Å². The first-order chi connectivity index (χ1) is 13.0. The molecule has 1 aromatic carbocycles. The van der Waals surface area contributed by atoms with Crippen LogP contribution in [0.25, 0.3) is 0 Å². The molecule has 2 aromatic rings. The molecule has 0 spiro atoms. The number of amides is 1. The molecular weight excluding hydrogens is 342 g/mol. The third kappa shape index (κ3) is 3.51. The van der Waals surface area contributed by atoms with Gasteiger partial charge in [0.25, 0.3) is 5.91 Å². The molecule has 4 rings (SSSR count). The average Bonchev–Trinajstić information content (AvgIpc) is 3.35. The van der Waals surface area contributed by atoms with Gasteiger partial charge in [-0.05, 0) is 24.1 Å². The van der Waals surface area contributed by atoms with Gasteiger partial charge in [0.2, 0.25) is 0 Å². The molecule has 7 nitrogen and oxygen atoms in total. The SMILES string of the molecule is CC(c1ccc2c(c1)OCC2)N1CCN(c2cc(C(=O)N(C)C)[nH]n2)CC1. The Morgan fingerprint density at radius 2 is 2.00 bits per heavy atom. The van der Waals surface area contributed by atoms with Gasteiger partial charge in [-0.25, -0.2) is 0 Å². The molecule has 1 atom stereocenters. The van der Waals surface area contributed by atoms with Crippen LogP contribution >= 0.6 is 0 Å².